The zero-order valence-electron chi connectivity index (χ0n) is 25.0. The summed E-state index contributed by atoms with van der Waals surface area (Å²) in [4.78, 5) is 55.6. The van der Waals surface area contributed by atoms with Crippen LogP contribution in [-0.4, -0.2) is 76.0 Å². The van der Waals surface area contributed by atoms with Crippen LogP contribution >= 0.6 is 11.8 Å². The highest BCUT2D eigenvalue weighted by Gasteiger charge is 2.42. The molecule has 0 saturated carbocycles. The fraction of sp³-hybridized carbons (Fsp3) is 0.324. The first-order valence-corrected chi connectivity index (χ1v) is 16.0. The number of anilines is 2. The van der Waals surface area contributed by atoms with Gasteiger partial charge in [-0.1, -0.05) is 61.2 Å². The third kappa shape index (κ3) is 6.26. The van der Waals surface area contributed by atoms with Gasteiger partial charge in [0.05, 0.1) is 10.9 Å². The lowest BCUT2D eigenvalue weighted by Gasteiger charge is -2.36. The molecule has 9 nitrogen and oxygen atoms in total. The number of carbonyl (C=O) groups excluding carboxylic acids is 3. The monoisotopic (exact) mass is 608 g/mol. The van der Waals surface area contributed by atoms with Gasteiger partial charge in [-0.2, -0.15) is 0 Å². The van der Waals surface area contributed by atoms with E-state index in [1.54, 1.807) is 4.90 Å². The molecule has 3 aromatic carbocycles. The minimum absolute atomic E-state index is 0.0399. The number of fused-ring (bicyclic) bond motifs is 3. The Bertz CT molecular complexity index is 1620. The van der Waals surface area contributed by atoms with Crippen LogP contribution in [0, 0.1) is 6.92 Å². The number of hydrogen-bond acceptors (Lipinski definition) is 7. The Labute approximate surface area is 262 Å². The predicted octanol–water partition coefficient (Wildman–Crippen LogP) is 5.23. The second-order valence-corrected chi connectivity index (χ2v) is 12.3. The van der Waals surface area contributed by atoms with Gasteiger partial charge in [0.15, 0.2) is 5.17 Å². The number of para-hydroxylation sites is 2. The van der Waals surface area contributed by atoms with Gasteiger partial charge in [-0.05, 0) is 61.7 Å². The fourth-order valence-corrected chi connectivity index (χ4v) is 6.76. The van der Waals surface area contributed by atoms with Gasteiger partial charge in [-0.15, -0.1) is 0 Å². The third-order valence-electron chi connectivity index (χ3n) is 8.13. The number of amidine groups is 2. The first kappa shape index (κ1) is 29.6. The SMILES string of the molecule is CC[C@H](SC1=Nc2ccccc2C2=N[C@@H](CCC(=O)N3CCN(c4ccccc4)CC3)C(=O)N12)C(=O)Nc1cccc(C)c1. The minimum Gasteiger partial charge on any atom is -0.368 e. The molecule has 1 N–H and O–H groups in total. The molecule has 0 spiro atoms. The number of aliphatic imine (C=N–C) groups is 2. The highest BCUT2D eigenvalue weighted by Crippen LogP contribution is 2.36. The highest BCUT2D eigenvalue weighted by molar-refractivity contribution is 8.15. The highest BCUT2D eigenvalue weighted by atomic mass is 32.2. The molecule has 2 atom stereocenters. The molecule has 0 radical (unpaired) electrons. The van der Waals surface area contributed by atoms with Crippen LogP contribution in [0.4, 0.5) is 17.1 Å². The Balaban J connectivity index is 1.12. The summed E-state index contributed by atoms with van der Waals surface area (Å²) >= 11 is 1.27. The summed E-state index contributed by atoms with van der Waals surface area (Å²) in [7, 11) is 0. The predicted molar refractivity (Wildman–Crippen MR) is 177 cm³/mol. The van der Waals surface area contributed by atoms with E-state index in [4.69, 9.17) is 9.98 Å². The first-order valence-electron chi connectivity index (χ1n) is 15.1. The Morgan fingerprint density at radius 2 is 1.73 bits per heavy atom. The zero-order valence-corrected chi connectivity index (χ0v) is 25.8. The summed E-state index contributed by atoms with van der Waals surface area (Å²) in [5.74, 6) is 0.213. The molecule has 3 aliphatic rings. The Morgan fingerprint density at radius 3 is 2.48 bits per heavy atom. The summed E-state index contributed by atoms with van der Waals surface area (Å²) in [5, 5.41) is 2.97. The number of rotatable bonds is 8. The topological polar surface area (TPSA) is 97.7 Å². The van der Waals surface area contributed by atoms with Crippen molar-refractivity contribution in [1.29, 1.82) is 0 Å². The average Bonchev–Trinajstić information content (AvgIpc) is 3.39. The summed E-state index contributed by atoms with van der Waals surface area (Å²) in [6.45, 7) is 6.77. The molecule has 10 heteroatoms. The molecular formula is C34H36N6O3S. The van der Waals surface area contributed by atoms with Crippen molar-refractivity contribution in [2.75, 3.05) is 36.4 Å². The number of hydrogen-bond donors (Lipinski definition) is 1. The molecule has 3 heterocycles. The van der Waals surface area contributed by atoms with Crippen molar-refractivity contribution in [3.8, 4) is 0 Å². The van der Waals surface area contributed by atoms with Gasteiger partial charge in [0.25, 0.3) is 5.91 Å². The lowest BCUT2D eigenvalue weighted by Crippen LogP contribution is -2.49. The number of nitrogens with one attached hydrogen (secondary N) is 1. The molecule has 0 aliphatic carbocycles. The van der Waals surface area contributed by atoms with Crippen LogP contribution in [0.25, 0.3) is 0 Å². The molecule has 226 valence electrons. The van der Waals surface area contributed by atoms with Crippen LogP contribution in [0.5, 0.6) is 0 Å². The van der Waals surface area contributed by atoms with Crippen molar-refractivity contribution >= 4 is 57.5 Å². The van der Waals surface area contributed by atoms with Crippen LogP contribution in [0.15, 0.2) is 88.8 Å². The van der Waals surface area contributed by atoms with E-state index < -0.39 is 11.3 Å². The maximum Gasteiger partial charge on any atom is 0.259 e. The summed E-state index contributed by atoms with van der Waals surface area (Å²) in [6.07, 6.45) is 1.11. The molecule has 1 fully saturated rings. The first-order chi connectivity index (χ1) is 21.4. The number of piperazine rings is 1. The average molecular weight is 609 g/mol. The zero-order chi connectivity index (χ0) is 30.6. The minimum atomic E-state index is -0.683. The number of carbonyl (C=O) groups is 3. The van der Waals surface area contributed by atoms with Gasteiger partial charge in [0.2, 0.25) is 11.8 Å². The van der Waals surface area contributed by atoms with Crippen molar-refractivity contribution in [1.82, 2.24) is 9.80 Å². The summed E-state index contributed by atoms with van der Waals surface area (Å²) in [5.41, 5.74) is 4.43. The Kier molecular flexibility index (Phi) is 8.79. The molecule has 3 aromatic rings. The van der Waals surface area contributed by atoms with Gasteiger partial charge in [-0.25, -0.2) is 9.89 Å². The maximum absolute atomic E-state index is 13.8. The summed E-state index contributed by atoms with van der Waals surface area (Å²) in [6, 6.07) is 24.8. The molecule has 0 aromatic heterocycles. The number of aryl methyl sites for hydroxylation is 1. The van der Waals surface area contributed by atoms with Crippen molar-refractivity contribution in [2.24, 2.45) is 9.98 Å². The summed E-state index contributed by atoms with van der Waals surface area (Å²) < 4.78 is 0. The third-order valence-corrected chi connectivity index (χ3v) is 9.45. The van der Waals surface area contributed by atoms with E-state index in [1.165, 1.54) is 11.8 Å². The van der Waals surface area contributed by atoms with E-state index in [0.717, 1.165) is 35.6 Å². The fourth-order valence-electron chi connectivity index (χ4n) is 5.74. The smallest absolute Gasteiger partial charge is 0.259 e. The van der Waals surface area contributed by atoms with Gasteiger partial charge in [0.1, 0.15) is 11.9 Å². The molecular weight excluding hydrogens is 572 g/mol. The molecule has 44 heavy (non-hydrogen) atoms. The Hall–Kier alpha value is -4.44. The number of nitrogens with zero attached hydrogens (tertiary/aromatic N) is 5. The van der Waals surface area contributed by atoms with Gasteiger partial charge in [0, 0.05) is 49.5 Å². The second-order valence-electron chi connectivity index (χ2n) is 11.2. The van der Waals surface area contributed by atoms with Crippen LogP contribution in [0.1, 0.15) is 37.3 Å². The van der Waals surface area contributed by atoms with E-state index in [2.05, 4.69) is 22.3 Å². The van der Waals surface area contributed by atoms with E-state index in [0.29, 0.717) is 42.6 Å². The number of amides is 3. The van der Waals surface area contributed by atoms with Gasteiger partial charge in [-0.3, -0.25) is 19.4 Å². The Morgan fingerprint density at radius 1 is 0.977 bits per heavy atom. The number of thioether (sulfide) groups is 1. The van der Waals surface area contributed by atoms with Crippen molar-refractivity contribution in [2.45, 2.75) is 44.4 Å². The van der Waals surface area contributed by atoms with Crippen molar-refractivity contribution in [3.63, 3.8) is 0 Å². The van der Waals surface area contributed by atoms with Gasteiger partial charge >= 0.3 is 0 Å². The van der Waals surface area contributed by atoms with Crippen LogP contribution in [0.3, 0.4) is 0 Å². The largest absolute Gasteiger partial charge is 0.368 e. The van der Waals surface area contributed by atoms with E-state index >= 15 is 0 Å². The standard InChI is InChI=1S/C34H36N6O3S/c1-3-29(32(42)35-24-11-9-10-23(2)22-24)44-34-37-27-15-8-7-14-26(27)31-36-28(33(43)40(31)34)16-17-30(41)39-20-18-38(19-21-39)25-12-5-4-6-13-25/h4-15,22,28-29H,3,16-21H2,1-2H3,(H,35,42)/t28-,29-/m0/s1. The molecule has 0 unspecified atom stereocenters. The second kappa shape index (κ2) is 13.1. The molecule has 3 aliphatic heterocycles. The quantitative estimate of drug-likeness (QED) is 0.378. The van der Waals surface area contributed by atoms with Crippen LogP contribution in [-0.2, 0) is 14.4 Å². The molecule has 1 saturated heterocycles. The normalized spacial score (nSPS) is 18.3. The van der Waals surface area contributed by atoms with E-state index in [-0.39, 0.29) is 24.1 Å². The van der Waals surface area contributed by atoms with Gasteiger partial charge < -0.3 is 15.1 Å². The lowest BCUT2D eigenvalue weighted by atomic mass is 10.1. The van der Waals surface area contributed by atoms with Crippen molar-refractivity contribution < 1.29 is 14.4 Å². The maximum atomic E-state index is 13.8. The molecule has 3 amide bonds. The lowest BCUT2D eigenvalue weighted by molar-refractivity contribution is -0.132. The van der Waals surface area contributed by atoms with Crippen molar-refractivity contribution in [3.05, 3.63) is 90.0 Å². The van der Waals surface area contributed by atoms with Crippen LogP contribution < -0.4 is 10.2 Å². The van der Waals surface area contributed by atoms with E-state index in [1.807, 2.05) is 85.5 Å². The van der Waals surface area contributed by atoms with E-state index in [9.17, 15) is 14.4 Å². The number of benzene rings is 3. The molecule has 6 rings (SSSR count). The van der Waals surface area contributed by atoms with Crippen LogP contribution in [0.2, 0.25) is 0 Å². The molecule has 0 bridgehead atoms.